The van der Waals surface area contributed by atoms with Gasteiger partial charge in [-0.15, -0.1) is 0 Å². The molecule has 1 saturated heterocycles. The van der Waals surface area contributed by atoms with Crippen LogP contribution in [0.25, 0.3) is 0 Å². The molecule has 0 saturated carbocycles. The summed E-state index contributed by atoms with van der Waals surface area (Å²) in [6.45, 7) is -0.359. The van der Waals surface area contributed by atoms with Gasteiger partial charge in [0.2, 0.25) is 0 Å². The van der Waals surface area contributed by atoms with E-state index in [0.717, 1.165) is 0 Å². The molecule has 0 aliphatic carbocycles. The molecule has 15 heavy (non-hydrogen) atoms. The van der Waals surface area contributed by atoms with Crippen LogP contribution in [0, 0.1) is 0 Å². The predicted molar refractivity (Wildman–Crippen MR) is 49.7 cm³/mol. The number of carbonyl (C=O) groups is 1. The van der Waals surface area contributed by atoms with Crippen molar-refractivity contribution in [3.05, 3.63) is 30.1 Å². The molecule has 2 heterocycles. The Balaban J connectivity index is 2.11. The minimum absolute atomic E-state index is 0.119. The number of alkyl halides is 2. The lowest BCUT2D eigenvalue weighted by molar-refractivity contribution is 0.0120. The van der Waals surface area contributed by atoms with E-state index in [1.807, 2.05) is 0 Å². The van der Waals surface area contributed by atoms with Crippen molar-refractivity contribution < 1.29 is 13.6 Å². The zero-order valence-electron chi connectivity index (χ0n) is 7.99. The van der Waals surface area contributed by atoms with E-state index in [1.54, 1.807) is 0 Å². The van der Waals surface area contributed by atoms with E-state index in [4.69, 9.17) is 0 Å². The quantitative estimate of drug-likeness (QED) is 0.707. The van der Waals surface area contributed by atoms with Gasteiger partial charge in [-0.1, -0.05) is 0 Å². The first-order chi connectivity index (χ1) is 7.08. The van der Waals surface area contributed by atoms with Gasteiger partial charge in [-0.25, -0.2) is 8.78 Å². The van der Waals surface area contributed by atoms with Crippen molar-refractivity contribution in [2.75, 3.05) is 13.1 Å². The minimum Gasteiger partial charge on any atom is -0.332 e. The van der Waals surface area contributed by atoms with Crippen molar-refractivity contribution >= 4 is 5.91 Å². The van der Waals surface area contributed by atoms with Gasteiger partial charge < -0.3 is 4.90 Å². The van der Waals surface area contributed by atoms with Crippen LogP contribution in [0.3, 0.4) is 0 Å². The number of likely N-dealkylation sites (tertiary alicyclic amines) is 1. The maximum Gasteiger partial charge on any atom is 0.267 e. The third-order valence-electron chi connectivity index (χ3n) is 2.38. The summed E-state index contributed by atoms with van der Waals surface area (Å²) < 4.78 is 25.7. The topological polar surface area (TPSA) is 33.2 Å². The summed E-state index contributed by atoms with van der Waals surface area (Å²) in [5.41, 5.74) is 0.405. The molecule has 1 aliphatic heterocycles. The molecule has 3 nitrogen and oxygen atoms in total. The standard InChI is InChI=1S/C10H10F2N2O/c11-10(12)3-6-14(7-10)9(15)8-1-4-13-5-2-8/h1-2,4-5H,3,6-7H2. The van der Waals surface area contributed by atoms with Crippen LogP contribution in [0.15, 0.2) is 24.5 Å². The Labute approximate surface area is 85.7 Å². The SMILES string of the molecule is O=C(c1ccncc1)N1CCC(F)(F)C1. The summed E-state index contributed by atoms with van der Waals surface area (Å²) in [6.07, 6.45) is 2.70. The van der Waals surface area contributed by atoms with Crippen LogP contribution in [0.1, 0.15) is 16.8 Å². The Morgan fingerprint density at radius 3 is 2.60 bits per heavy atom. The number of aromatic nitrogens is 1. The van der Waals surface area contributed by atoms with Crippen molar-refractivity contribution in [2.45, 2.75) is 12.3 Å². The number of hydrogen-bond acceptors (Lipinski definition) is 2. The Morgan fingerprint density at radius 2 is 2.07 bits per heavy atom. The van der Waals surface area contributed by atoms with Crippen LogP contribution < -0.4 is 0 Å². The molecule has 1 aliphatic rings. The molecule has 0 radical (unpaired) electrons. The number of amides is 1. The van der Waals surface area contributed by atoms with E-state index in [2.05, 4.69) is 4.98 Å². The highest BCUT2D eigenvalue weighted by Gasteiger charge is 2.40. The molecule has 1 amide bonds. The summed E-state index contributed by atoms with van der Waals surface area (Å²) in [4.78, 5) is 16.6. The smallest absolute Gasteiger partial charge is 0.267 e. The van der Waals surface area contributed by atoms with Gasteiger partial charge in [0.25, 0.3) is 11.8 Å². The largest absolute Gasteiger partial charge is 0.332 e. The molecule has 2 rings (SSSR count). The van der Waals surface area contributed by atoms with Gasteiger partial charge in [0.1, 0.15) is 0 Å². The lowest BCUT2D eigenvalue weighted by Crippen LogP contribution is -2.31. The highest BCUT2D eigenvalue weighted by atomic mass is 19.3. The van der Waals surface area contributed by atoms with Gasteiger partial charge in [0, 0.05) is 30.9 Å². The zero-order chi connectivity index (χ0) is 10.9. The van der Waals surface area contributed by atoms with Crippen LogP contribution in [-0.4, -0.2) is 34.8 Å². The Kier molecular flexibility index (Phi) is 2.38. The molecule has 1 aromatic heterocycles. The third kappa shape index (κ3) is 2.11. The number of carbonyl (C=O) groups excluding carboxylic acids is 1. The van der Waals surface area contributed by atoms with E-state index < -0.39 is 12.5 Å². The predicted octanol–water partition coefficient (Wildman–Crippen LogP) is 1.56. The van der Waals surface area contributed by atoms with E-state index in [1.165, 1.54) is 29.4 Å². The number of rotatable bonds is 1. The van der Waals surface area contributed by atoms with E-state index in [9.17, 15) is 13.6 Å². The number of nitrogens with zero attached hydrogens (tertiary/aromatic N) is 2. The summed E-state index contributed by atoms with van der Waals surface area (Å²) in [5.74, 6) is -3.09. The van der Waals surface area contributed by atoms with Gasteiger partial charge in [0.15, 0.2) is 0 Å². The van der Waals surface area contributed by atoms with Gasteiger partial charge in [0.05, 0.1) is 6.54 Å². The summed E-state index contributed by atoms with van der Waals surface area (Å²) in [7, 11) is 0. The number of halogens is 2. The molecule has 1 aromatic rings. The Hall–Kier alpha value is -1.52. The third-order valence-corrected chi connectivity index (χ3v) is 2.38. The fourth-order valence-electron chi connectivity index (χ4n) is 1.59. The molecule has 0 spiro atoms. The van der Waals surface area contributed by atoms with Crippen molar-refractivity contribution in [3.8, 4) is 0 Å². The molecule has 0 atom stereocenters. The van der Waals surface area contributed by atoms with Crippen LogP contribution in [0.2, 0.25) is 0 Å². The summed E-state index contributed by atoms with van der Waals surface area (Å²) >= 11 is 0. The number of hydrogen-bond donors (Lipinski definition) is 0. The van der Waals surface area contributed by atoms with Crippen LogP contribution in [0.4, 0.5) is 8.78 Å². The van der Waals surface area contributed by atoms with E-state index in [0.29, 0.717) is 5.56 Å². The lowest BCUT2D eigenvalue weighted by atomic mass is 10.2. The molecule has 0 aromatic carbocycles. The highest BCUT2D eigenvalue weighted by Crippen LogP contribution is 2.27. The summed E-state index contributed by atoms with van der Waals surface area (Å²) in [5, 5.41) is 0. The second-order valence-corrected chi connectivity index (χ2v) is 3.57. The molecule has 1 fully saturated rings. The Bertz CT molecular complexity index is 367. The average Bonchev–Trinajstić information content (AvgIpc) is 2.59. The maximum atomic E-state index is 12.9. The second kappa shape index (κ2) is 3.56. The van der Waals surface area contributed by atoms with E-state index in [-0.39, 0.29) is 18.9 Å². The first-order valence-electron chi connectivity index (χ1n) is 4.66. The van der Waals surface area contributed by atoms with Crippen molar-refractivity contribution in [2.24, 2.45) is 0 Å². The second-order valence-electron chi connectivity index (χ2n) is 3.57. The Morgan fingerprint density at radius 1 is 1.40 bits per heavy atom. The van der Waals surface area contributed by atoms with Gasteiger partial charge >= 0.3 is 0 Å². The van der Waals surface area contributed by atoms with Crippen molar-refractivity contribution in [1.82, 2.24) is 9.88 Å². The molecule has 0 N–H and O–H groups in total. The van der Waals surface area contributed by atoms with Gasteiger partial charge in [-0.05, 0) is 12.1 Å². The average molecular weight is 212 g/mol. The van der Waals surface area contributed by atoms with Crippen molar-refractivity contribution in [3.63, 3.8) is 0 Å². The maximum absolute atomic E-state index is 12.9. The highest BCUT2D eigenvalue weighted by molar-refractivity contribution is 5.94. The molecule has 80 valence electrons. The first kappa shape index (κ1) is 10.0. The molecular weight excluding hydrogens is 202 g/mol. The van der Waals surface area contributed by atoms with Crippen molar-refractivity contribution in [1.29, 1.82) is 0 Å². The fraction of sp³-hybridized carbons (Fsp3) is 0.400. The molecule has 0 unspecified atom stereocenters. The van der Waals surface area contributed by atoms with E-state index >= 15 is 0 Å². The minimum atomic E-state index is -2.73. The lowest BCUT2D eigenvalue weighted by Gasteiger charge is -2.15. The number of pyridine rings is 1. The molecular formula is C10H10F2N2O. The van der Waals surface area contributed by atoms with Gasteiger partial charge in [-0.3, -0.25) is 9.78 Å². The monoisotopic (exact) mass is 212 g/mol. The summed E-state index contributed by atoms with van der Waals surface area (Å²) in [6, 6.07) is 3.05. The normalized spacial score (nSPS) is 19.2. The molecule has 5 heteroatoms. The van der Waals surface area contributed by atoms with Gasteiger partial charge in [-0.2, -0.15) is 0 Å². The van der Waals surface area contributed by atoms with Crippen LogP contribution in [0.5, 0.6) is 0 Å². The van der Waals surface area contributed by atoms with Crippen LogP contribution in [-0.2, 0) is 0 Å². The van der Waals surface area contributed by atoms with Crippen LogP contribution >= 0.6 is 0 Å². The zero-order valence-corrected chi connectivity index (χ0v) is 7.99. The first-order valence-corrected chi connectivity index (χ1v) is 4.66. The fourth-order valence-corrected chi connectivity index (χ4v) is 1.59. The molecule has 0 bridgehead atoms.